The molecule has 1 aromatic heterocycles. The van der Waals surface area contributed by atoms with E-state index in [0.29, 0.717) is 73.2 Å². The average Bonchev–Trinajstić information content (AvgIpc) is 2.89. The van der Waals surface area contributed by atoms with Crippen molar-refractivity contribution < 1.29 is 22.6 Å². The van der Waals surface area contributed by atoms with Crippen molar-refractivity contribution in [3.63, 3.8) is 0 Å². The lowest BCUT2D eigenvalue weighted by atomic mass is 10.1. The van der Waals surface area contributed by atoms with E-state index in [-0.39, 0.29) is 11.4 Å². The molecule has 0 unspecified atom stereocenters. The second-order valence-corrected chi connectivity index (χ2v) is 10.6. The lowest BCUT2D eigenvalue weighted by Crippen LogP contribution is -2.39. The average molecular weight is 517 g/mol. The first-order valence-corrected chi connectivity index (χ1v) is 13.1. The van der Waals surface area contributed by atoms with Crippen molar-refractivity contribution >= 4 is 27.6 Å². The number of sulfonamides is 1. The van der Waals surface area contributed by atoms with Crippen molar-refractivity contribution in [2.45, 2.75) is 17.9 Å². The Morgan fingerprint density at radius 3 is 2.54 bits per heavy atom. The van der Waals surface area contributed by atoms with Crippen molar-refractivity contribution in [3.05, 3.63) is 64.8 Å². The molecular formula is C24H25ClN4O5S. The number of fused-ring (bicyclic) bond motifs is 1. The predicted octanol–water partition coefficient (Wildman–Crippen LogP) is 3.51. The maximum Gasteiger partial charge on any atom is 0.243 e. The molecule has 0 spiro atoms. The van der Waals surface area contributed by atoms with Gasteiger partial charge in [-0.2, -0.15) is 9.29 Å². The molecule has 0 saturated carbocycles. The van der Waals surface area contributed by atoms with Crippen molar-refractivity contribution in [2.24, 2.45) is 0 Å². The molecule has 0 N–H and O–H groups in total. The zero-order chi connectivity index (χ0) is 24.4. The number of benzene rings is 2. The maximum absolute atomic E-state index is 13.4. The Hall–Kier alpha value is -2.92. The van der Waals surface area contributed by atoms with Crippen LogP contribution in [0.2, 0.25) is 5.02 Å². The molecular weight excluding hydrogens is 492 g/mol. The summed E-state index contributed by atoms with van der Waals surface area (Å²) in [5, 5.41) is 0.365. The number of morpholine rings is 1. The SMILES string of the molecule is COc1cccc(Oc2nc(N3CCOCC3)nc3c2CN(S(=O)(=O)c2cccc(Cl)c2)CC3)c1. The summed E-state index contributed by atoms with van der Waals surface area (Å²) < 4.78 is 45.1. The van der Waals surface area contributed by atoms with E-state index < -0.39 is 10.0 Å². The third-order valence-electron chi connectivity index (χ3n) is 5.96. The first-order valence-electron chi connectivity index (χ1n) is 11.2. The fourth-order valence-corrected chi connectivity index (χ4v) is 5.80. The van der Waals surface area contributed by atoms with Gasteiger partial charge < -0.3 is 19.1 Å². The van der Waals surface area contributed by atoms with Gasteiger partial charge in [-0.15, -0.1) is 0 Å². The van der Waals surface area contributed by atoms with E-state index in [0.717, 1.165) is 5.69 Å². The van der Waals surface area contributed by atoms with E-state index in [2.05, 4.69) is 4.90 Å². The molecule has 9 nitrogen and oxygen atoms in total. The summed E-state index contributed by atoms with van der Waals surface area (Å²) in [6.45, 7) is 2.92. The number of aromatic nitrogens is 2. The zero-order valence-corrected chi connectivity index (χ0v) is 20.8. The smallest absolute Gasteiger partial charge is 0.243 e. The molecule has 2 aliphatic heterocycles. The molecule has 0 aliphatic carbocycles. The fourth-order valence-electron chi connectivity index (χ4n) is 4.09. The fraction of sp³-hybridized carbons (Fsp3) is 0.333. The number of ether oxygens (including phenoxy) is 3. The van der Waals surface area contributed by atoms with Gasteiger partial charge in [-0.1, -0.05) is 23.7 Å². The summed E-state index contributed by atoms with van der Waals surface area (Å²) in [7, 11) is -2.18. The van der Waals surface area contributed by atoms with Crippen LogP contribution in [0.5, 0.6) is 17.4 Å². The molecule has 1 saturated heterocycles. The van der Waals surface area contributed by atoms with Crippen LogP contribution in [0.25, 0.3) is 0 Å². The van der Waals surface area contributed by atoms with E-state index >= 15 is 0 Å². The van der Waals surface area contributed by atoms with Crippen molar-refractivity contribution in [3.8, 4) is 17.4 Å². The van der Waals surface area contributed by atoms with Crippen LogP contribution in [0.15, 0.2) is 53.4 Å². The van der Waals surface area contributed by atoms with E-state index in [1.54, 1.807) is 37.4 Å². The van der Waals surface area contributed by atoms with Crippen LogP contribution in [0.3, 0.4) is 0 Å². The van der Waals surface area contributed by atoms with Gasteiger partial charge in [0.05, 0.1) is 36.5 Å². The lowest BCUT2D eigenvalue weighted by molar-refractivity contribution is 0.122. The number of anilines is 1. The first-order chi connectivity index (χ1) is 16.9. The minimum absolute atomic E-state index is 0.0902. The summed E-state index contributed by atoms with van der Waals surface area (Å²) in [6.07, 6.45) is 0.434. The van der Waals surface area contributed by atoms with E-state index in [9.17, 15) is 8.42 Å². The zero-order valence-electron chi connectivity index (χ0n) is 19.2. The minimum Gasteiger partial charge on any atom is -0.497 e. The van der Waals surface area contributed by atoms with Crippen LogP contribution < -0.4 is 14.4 Å². The van der Waals surface area contributed by atoms with Gasteiger partial charge in [0, 0.05) is 43.7 Å². The van der Waals surface area contributed by atoms with Crippen LogP contribution in [0.4, 0.5) is 5.95 Å². The Bertz CT molecular complexity index is 1330. The standard InChI is InChI=1S/C24H25ClN4O5S/c1-32-18-5-3-6-19(15-18)34-23-21-16-29(35(30,31)20-7-2-4-17(25)14-20)9-8-22(21)26-24(27-23)28-10-12-33-13-11-28/h2-7,14-15H,8-13,16H2,1H3. The van der Waals surface area contributed by atoms with Crippen LogP contribution in [-0.2, 0) is 27.7 Å². The van der Waals surface area contributed by atoms with Crippen molar-refractivity contribution in [1.82, 2.24) is 14.3 Å². The van der Waals surface area contributed by atoms with Gasteiger partial charge in [0.1, 0.15) is 11.5 Å². The van der Waals surface area contributed by atoms with E-state index in [1.165, 1.54) is 10.4 Å². The Kier molecular flexibility index (Phi) is 6.79. The Labute approximate surface area is 209 Å². The molecule has 5 rings (SSSR count). The third-order valence-corrected chi connectivity index (χ3v) is 8.04. The highest BCUT2D eigenvalue weighted by Gasteiger charge is 2.33. The molecule has 35 heavy (non-hydrogen) atoms. The van der Waals surface area contributed by atoms with Gasteiger partial charge in [0.15, 0.2) is 0 Å². The van der Waals surface area contributed by atoms with E-state index in [1.807, 2.05) is 12.1 Å². The van der Waals surface area contributed by atoms with Crippen molar-refractivity contribution in [2.75, 3.05) is 44.9 Å². The molecule has 2 aromatic carbocycles. The summed E-state index contributed by atoms with van der Waals surface area (Å²) in [6, 6.07) is 13.5. The summed E-state index contributed by atoms with van der Waals surface area (Å²) >= 11 is 6.06. The number of methoxy groups -OCH3 is 1. The topological polar surface area (TPSA) is 94.1 Å². The lowest BCUT2D eigenvalue weighted by Gasteiger charge is -2.31. The van der Waals surface area contributed by atoms with Gasteiger partial charge in [-0.05, 0) is 30.3 Å². The molecule has 184 valence electrons. The predicted molar refractivity (Wildman–Crippen MR) is 131 cm³/mol. The number of hydrogen-bond acceptors (Lipinski definition) is 8. The number of nitrogens with zero attached hydrogens (tertiary/aromatic N) is 4. The Morgan fingerprint density at radius 1 is 1.00 bits per heavy atom. The number of rotatable bonds is 6. The van der Waals surface area contributed by atoms with Gasteiger partial charge in [0.2, 0.25) is 21.9 Å². The Balaban J connectivity index is 1.52. The second-order valence-electron chi connectivity index (χ2n) is 8.18. The first kappa shape index (κ1) is 23.8. The van der Waals surface area contributed by atoms with Gasteiger partial charge in [-0.25, -0.2) is 13.4 Å². The summed E-state index contributed by atoms with van der Waals surface area (Å²) in [5.41, 5.74) is 1.42. The van der Waals surface area contributed by atoms with E-state index in [4.69, 9.17) is 35.8 Å². The molecule has 3 aromatic rings. The van der Waals surface area contributed by atoms with Gasteiger partial charge in [-0.3, -0.25) is 0 Å². The van der Waals surface area contributed by atoms with Crippen LogP contribution in [-0.4, -0.2) is 62.6 Å². The summed E-state index contributed by atoms with van der Waals surface area (Å²) in [5.74, 6) is 2.06. The van der Waals surface area contributed by atoms with Gasteiger partial charge in [0.25, 0.3) is 0 Å². The third kappa shape index (κ3) is 5.06. The molecule has 0 atom stereocenters. The summed E-state index contributed by atoms with van der Waals surface area (Å²) in [4.78, 5) is 11.7. The number of hydrogen-bond donors (Lipinski definition) is 0. The second kappa shape index (κ2) is 9.98. The highest BCUT2D eigenvalue weighted by Crippen LogP contribution is 2.34. The Morgan fingerprint density at radius 2 is 1.77 bits per heavy atom. The maximum atomic E-state index is 13.4. The van der Waals surface area contributed by atoms with Crippen molar-refractivity contribution in [1.29, 1.82) is 0 Å². The molecule has 1 fully saturated rings. The highest BCUT2D eigenvalue weighted by molar-refractivity contribution is 7.89. The van der Waals surface area contributed by atoms with Crippen LogP contribution >= 0.6 is 11.6 Å². The number of halogens is 1. The highest BCUT2D eigenvalue weighted by atomic mass is 35.5. The van der Waals surface area contributed by atoms with Crippen LogP contribution in [0.1, 0.15) is 11.3 Å². The molecule has 0 amide bonds. The normalized spacial score (nSPS) is 16.6. The van der Waals surface area contributed by atoms with Gasteiger partial charge >= 0.3 is 0 Å². The molecule has 0 bridgehead atoms. The molecule has 0 radical (unpaired) electrons. The van der Waals surface area contributed by atoms with Crippen LogP contribution in [0, 0.1) is 0 Å². The molecule has 11 heteroatoms. The molecule has 2 aliphatic rings. The minimum atomic E-state index is -3.77. The monoisotopic (exact) mass is 516 g/mol. The molecule has 3 heterocycles. The largest absolute Gasteiger partial charge is 0.497 e. The quantitative estimate of drug-likeness (QED) is 0.491.